The summed E-state index contributed by atoms with van der Waals surface area (Å²) < 4.78 is 6.96. The van der Waals surface area contributed by atoms with E-state index in [1.54, 1.807) is 12.1 Å². The lowest BCUT2D eigenvalue weighted by Gasteiger charge is -2.12. The lowest BCUT2D eigenvalue weighted by atomic mass is 10.2. The van der Waals surface area contributed by atoms with Crippen LogP contribution in [-0.2, 0) is 4.74 Å². The second-order valence-corrected chi connectivity index (χ2v) is 4.79. The van der Waals surface area contributed by atoms with Crippen molar-refractivity contribution in [1.82, 2.24) is 9.55 Å². The fraction of sp³-hybridized carbons (Fsp3) is 0.429. The van der Waals surface area contributed by atoms with E-state index in [1.165, 1.54) is 32.8 Å². The summed E-state index contributed by atoms with van der Waals surface area (Å²) in [4.78, 5) is 15.9. The first-order chi connectivity index (χ1) is 8.79. The Morgan fingerprint density at radius 2 is 2.17 bits per heavy atom. The molecule has 1 aromatic carbocycles. The molecular formula is C14H16N2O2. The maximum Gasteiger partial charge on any atom is 0.337 e. The average molecular weight is 244 g/mol. The van der Waals surface area contributed by atoms with Crippen LogP contribution in [0.4, 0.5) is 0 Å². The number of rotatable bonds is 2. The van der Waals surface area contributed by atoms with Crippen molar-refractivity contribution in [1.29, 1.82) is 0 Å². The van der Waals surface area contributed by atoms with Crippen LogP contribution in [0.3, 0.4) is 0 Å². The van der Waals surface area contributed by atoms with E-state index < -0.39 is 0 Å². The van der Waals surface area contributed by atoms with E-state index in [0.717, 1.165) is 11.0 Å². The number of aromatic nitrogens is 2. The van der Waals surface area contributed by atoms with Crippen LogP contribution in [0.15, 0.2) is 24.5 Å². The topological polar surface area (TPSA) is 44.1 Å². The molecule has 0 amide bonds. The van der Waals surface area contributed by atoms with Gasteiger partial charge in [0, 0.05) is 6.04 Å². The third-order valence-electron chi connectivity index (χ3n) is 3.71. The first kappa shape index (κ1) is 11.3. The number of carbonyl (C=O) groups excluding carboxylic acids is 1. The number of nitrogens with zero attached hydrogens (tertiary/aromatic N) is 2. The third-order valence-corrected chi connectivity index (χ3v) is 3.71. The molecule has 0 radical (unpaired) electrons. The van der Waals surface area contributed by atoms with Crippen molar-refractivity contribution in [2.24, 2.45) is 0 Å². The number of fused-ring (bicyclic) bond motifs is 1. The summed E-state index contributed by atoms with van der Waals surface area (Å²) in [5, 5.41) is 0. The highest BCUT2D eigenvalue weighted by atomic mass is 16.5. The number of esters is 1. The highest BCUT2D eigenvalue weighted by Crippen LogP contribution is 2.32. The predicted molar refractivity (Wildman–Crippen MR) is 68.6 cm³/mol. The molecule has 94 valence electrons. The van der Waals surface area contributed by atoms with Gasteiger partial charge < -0.3 is 9.30 Å². The van der Waals surface area contributed by atoms with Crippen molar-refractivity contribution in [3.8, 4) is 0 Å². The standard InChI is InChI=1S/C14H16N2O2/c1-18-14(17)10-6-7-13-12(8-10)15-9-16(13)11-4-2-3-5-11/h6-9,11H,2-5H2,1H3. The molecule has 1 aromatic heterocycles. The van der Waals surface area contributed by atoms with Gasteiger partial charge in [0.2, 0.25) is 0 Å². The number of hydrogen-bond acceptors (Lipinski definition) is 3. The van der Waals surface area contributed by atoms with E-state index in [1.807, 2.05) is 12.4 Å². The Kier molecular flexibility index (Phi) is 2.78. The SMILES string of the molecule is COC(=O)c1ccc2c(c1)ncn2C1CCCC1. The lowest BCUT2D eigenvalue weighted by Crippen LogP contribution is -2.03. The van der Waals surface area contributed by atoms with E-state index in [9.17, 15) is 4.79 Å². The Hall–Kier alpha value is -1.84. The minimum Gasteiger partial charge on any atom is -0.465 e. The summed E-state index contributed by atoms with van der Waals surface area (Å²) >= 11 is 0. The minimum absolute atomic E-state index is 0.313. The number of carbonyl (C=O) groups is 1. The van der Waals surface area contributed by atoms with Crippen LogP contribution in [0.25, 0.3) is 11.0 Å². The summed E-state index contributed by atoms with van der Waals surface area (Å²) in [6.07, 6.45) is 6.94. The molecule has 0 unspecified atom stereocenters. The zero-order valence-electron chi connectivity index (χ0n) is 10.4. The van der Waals surface area contributed by atoms with Crippen LogP contribution in [0.5, 0.6) is 0 Å². The Morgan fingerprint density at radius 1 is 1.39 bits per heavy atom. The van der Waals surface area contributed by atoms with Crippen molar-refractivity contribution in [3.05, 3.63) is 30.1 Å². The van der Waals surface area contributed by atoms with Crippen LogP contribution in [0.2, 0.25) is 0 Å². The fourth-order valence-corrected chi connectivity index (χ4v) is 2.75. The fourth-order valence-electron chi connectivity index (χ4n) is 2.75. The van der Waals surface area contributed by atoms with Gasteiger partial charge in [-0.3, -0.25) is 0 Å². The molecule has 0 spiro atoms. The number of benzene rings is 1. The van der Waals surface area contributed by atoms with Gasteiger partial charge in [-0.05, 0) is 31.0 Å². The second-order valence-electron chi connectivity index (χ2n) is 4.79. The molecule has 0 bridgehead atoms. The van der Waals surface area contributed by atoms with Crippen molar-refractivity contribution in [2.45, 2.75) is 31.7 Å². The van der Waals surface area contributed by atoms with E-state index in [-0.39, 0.29) is 5.97 Å². The first-order valence-electron chi connectivity index (χ1n) is 6.34. The molecule has 4 heteroatoms. The number of hydrogen-bond donors (Lipinski definition) is 0. The molecule has 0 saturated heterocycles. The minimum atomic E-state index is -0.313. The molecule has 1 fully saturated rings. The Bertz CT molecular complexity index is 582. The number of ether oxygens (including phenoxy) is 1. The van der Waals surface area contributed by atoms with Crippen molar-refractivity contribution in [3.63, 3.8) is 0 Å². The van der Waals surface area contributed by atoms with Gasteiger partial charge in [-0.1, -0.05) is 12.8 Å². The van der Waals surface area contributed by atoms with Gasteiger partial charge in [0.15, 0.2) is 0 Å². The molecule has 1 aliphatic carbocycles. The zero-order valence-corrected chi connectivity index (χ0v) is 10.4. The third kappa shape index (κ3) is 1.78. The Morgan fingerprint density at radius 3 is 2.89 bits per heavy atom. The summed E-state index contributed by atoms with van der Waals surface area (Å²) in [7, 11) is 1.39. The van der Waals surface area contributed by atoms with Gasteiger partial charge in [-0.15, -0.1) is 0 Å². The van der Waals surface area contributed by atoms with Crippen LogP contribution in [0, 0.1) is 0 Å². The summed E-state index contributed by atoms with van der Waals surface area (Å²) in [6.45, 7) is 0. The van der Waals surface area contributed by atoms with Gasteiger partial charge in [-0.2, -0.15) is 0 Å². The van der Waals surface area contributed by atoms with Gasteiger partial charge in [0.1, 0.15) is 0 Å². The Balaban J connectivity index is 2.02. The van der Waals surface area contributed by atoms with Gasteiger partial charge >= 0.3 is 5.97 Å². The number of methoxy groups -OCH3 is 1. The maximum atomic E-state index is 11.5. The monoisotopic (exact) mass is 244 g/mol. The summed E-state index contributed by atoms with van der Waals surface area (Å²) in [5.74, 6) is -0.313. The van der Waals surface area contributed by atoms with E-state index in [2.05, 4.69) is 9.55 Å². The molecule has 1 heterocycles. The smallest absolute Gasteiger partial charge is 0.337 e. The summed E-state index contributed by atoms with van der Waals surface area (Å²) in [6, 6.07) is 6.14. The molecule has 4 nitrogen and oxygen atoms in total. The van der Waals surface area contributed by atoms with Crippen LogP contribution in [-0.4, -0.2) is 22.6 Å². The van der Waals surface area contributed by atoms with Gasteiger partial charge in [0.25, 0.3) is 0 Å². The maximum absolute atomic E-state index is 11.5. The molecule has 0 aliphatic heterocycles. The molecule has 0 atom stereocenters. The molecule has 3 rings (SSSR count). The van der Waals surface area contributed by atoms with Gasteiger partial charge in [0.05, 0.1) is 30.0 Å². The molecule has 0 N–H and O–H groups in total. The van der Waals surface area contributed by atoms with Crippen molar-refractivity contribution < 1.29 is 9.53 Å². The normalized spacial score (nSPS) is 16.3. The number of imidazole rings is 1. The average Bonchev–Trinajstić information content (AvgIpc) is 3.05. The molecule has 1 saturated carbocycles. The van der Waals surface area contributed by atoms with E-state index >= 15 is 0 Å². The predicted octanol–water partition coefficient (Wildman–Crippen LogP) is 2.94. The van der Waals surface area contributed by atoms with E-state index in [4.69, 9.17) is 4.74 Å². The highest BCUT2D eigenvalue weighted by Gasteiger charge is 2.19. The zero-order chi connectivity index (χ0) is 12.5. The van der Waals surface area contributed by atoms with Crippen LogP contribution >= 0.6 is 0 Å². The Labute approximate surface area is 106 Å². The largest absolute Gasteiger partial charge is 0.465 e. The van der Waals surface area contributed by atoms with Crippen molar-refractivity contribution in [2.75, 3.05) is 7.11 Å². The first-order valence-corrected chi connectivity index (χ1v) is 6.34. The van der Waals surface area contributed by atoms with Crippen molar-refractivity contribution >= 4 is 17.0 Å². The van der Waals surface area contributed by atoms with Crippen LogP contribution < -0.4 is 0 Å². The highest BCUT2D eigenvalue weighted by molar-refractivity contribution is 5.93. The molecule has 18 heavy (non-hydrogen) atoms. The molecule has 1 aliphatic rings. The van der Waals surface area contributed by atoms with Gasteiger partial charge in [-0.25, -0.2) is 9.78 Å². The summed E-state index contributed by atoms with van der Waals surface area (Å²) in [5.41, 5.74) is 2.53. The quantitative estimate of drug-likeness (QED) is 0.763. The second kappa shape index (κ2) is 4.44. The lowest BCUT2D eigenvalue weighted by molar-refractivity contribution is 0.0601. The van der Waals surface area contributed by atoms with E-state index in [0.29, 0.717) is 11.6 Å². The molecule has 2 aromatic rings. The molecular weight excluding hydrogens is 228 g/mol. The van der Waals surface area contributed by atoms with Crippen LogP contribution in [0.1, 0.15) is 42.1 Å².